The van der Waals surface area contributed by atoms with Crippen LogP contribution in [0, 0.1) is 0 Å². The minimum Gasteiger partial charge on any atom is -0.492 e. The third kappa shape index (κ3) is 2.55. The maximum absolute atomic E-state index is 11.1. The molecule has 0 saturated heterocycles. The first-order chi connectivity index (χ1) is 7.77. The van der Waals surface area contributed by atoms with Gasteiger partial charge in [-0.2, -0.15) is 0 Å². The summed E-state index contributed by atoms with van der Waals surface area (Å²) in [7, 11) is 0. The van der Waals surface area contributed by atoms with Gasteiger partial charge in [0, 0.05) is 11.4 Å². The molecule has 0 saturated carbocycles. The molecular weight excluding hydrogens is 226 g/mol. The summed E-state index contributed by atoms with van der Waals surface area (Å²) in [5.74, 6) is -0.588. The smallest absolute Gasteiger partial charge is 0.421 e. The molecule has 86 valence electrons. The van der Waals surface area contributed by atoms with Crippen LogP contribution in [0.15, 0.2) is 33.0 Å². The number of thiophene rings is 1. The second kappa shape index (κ2) is 5.03. The summed E-state index contributed by atoms with van der Waals surface area (Å²) in [6, 6.07) is 4.14. The Bertz CT molecular complexity index is 484. The maximum Gasteiger partial charge on any atom is 0.421 e. The number of hydrogen-bond acceptors (Lipinski definition) is 4. The molecule has 0 unspecified atom stereocenters. The monoisotopic (exact) mass is 239 g/mol. The van der Waals surface area contributed by atoms with E-state index in [1.165, 1.54) is 9.44 Å². The van der Waals surface area contributed by atoms with Gasteiger partial charge < -0.3 is 9.52 Å². The lowest BCUT2D eigenvalue weighted by molar-refractivity contribution is 0.406. The van der Waals surface area contributed by atoms with E-state index < -0.39 is 5.76 Å². The zero-order valence-corrected chi connectivity index (χ0v) is 9.57. The normalized spacial score (nSPS) is 10.8. The lowest BCUT2D eigenvalue weighted by atomic mass is 10.2. The van der Waals surface area contributed by atoms with Crippen molar-refractivity contribution >= 4 is 11.3 Å². The molecule has 2 heterocycles. The Hall–Kier alpha value is -1.49. The fraction of sp³-hybridized carbons (Fsp3) is 0.364. The Labute approximate surface area is 96.8 Å². The van der Waals surface area contributed by atoms with Crippen LogP contribution in [0.1, 0.15) is 17.7 Å². The zero-order chi connectivity index (χ0) is 11.4. The molecule has 0 bridgehead atoms. The van der Waals surface area contributed by atoms with E-state index in [0.717, 1.165) is 25.5 Å². The van der Waals surface area contributed by atoms with Crippen LogP contribution >= 0.6 is 11.3 Å². The number of aromatic nitrogens is 1. The van der Waals surface area contributed by atoms with E-state index in [2.05, 4.69) is 15.9 Å². The third-order valence-electron chi connectivity index (χ3n) is 2.40. The van der Waals surface area contributed by atoms with Crippen molar-refractivity contribution in [3.63, 3.8) is 0 Å². The standard InChI is InChI=1S/C11H13NO3S/c13-10-8-15-11(14)12(10)6-2-1-4-9-5-3-7-16-9/h3,5,7-8,13H,1-2,4,6H2. The molecule has 0 atom stereocenters. The van der Waals surface area contributed by atoms with Gasteiger partial charge in [-0.25, -0.2) is 9.36 Å². The summed E-state index contributed by atoms with van der Waals surface area (Å²) in [5.41, 5.74) is 0. The van der Waals surface area contributed by atoms with E-state index in [0.29, 0.717) is 6.54 Å². The van der Waals surface area contributed by atoms with Crippen LogP contribution < -0.4 is 5.76 Å². The highest BCUT2D eigenvalue weighted by atomic mass is 32.1. The molecule has 2 aromatic rings. The molecule has 4 nitrogen and oxygen atoms in total. The summed E-state index contributed by atoms with van der Waals surface area (Å²) in [5, 5.41) is 11.3. The molecule has 0 aliphatic heterocycles. The lowest BCUT2D eigenvalue weighted by Crippen LogP contribution is -2.13. The molecule has 0 aliphatic carbocycles. The van der Waals surface area contributed by atoms with Gasteiger partial charge in [0.2, 0.25) is 5.88 Å². The van der Waals surface area contributed by atoms with Crippen molar-refractivity contribution < 1.29 is 9.52 Å². The van der Waals surface area contributed by atoms with E-state index in [-0.39, 0.29) is 5.88 Å². The summed E-state index contributed by atoms with van der Waals surface area (Å²) < 4.78 is 5.80. The van der Waals surface area contributed by atoms with Gasteiger partial charge in [0.05, 0.1) is 0 Å². The highest BCUT2D eigenvalue weighted by Crippen LogP contribution is 2.13. The summed E-state index contributed by atoms with van der Waals surface area (Å²) in [6.07, 6.45) is 3.94. The highest BCUT2D eigenvalue weighted by molar-refractivity contribution is 7.09. The number of rotatable bonds is 5. The van der Waals surface area contributed by atoms with E-state index in [1.54, 1.807) is 11.3 Å². The van der Waals surface area contributed by atoms with Crippen molar-refractivity contribution in [1.82, 2.24) is 4.57 Å². The number of aryl methyl sites for hydroxylation is 1. The highest BCUT2D eigenvalue weighted by Gasteiger charge is 2.05. The molecule has 0 amide bonds. The van der Waals surface area contributed by atoms with Gasteiger partial charge in [-0.3, -0.25) is 0 Å². The Morgan fingerprint density at radius 1 is 1.44 bits per heavy atom. The molecular formula is C11H13NO3S. The van der Waals surface area contributed by atoms with Crippen molar-refractivity contribution in [1.29, 1.82) is 0 Å². The first kappa shape index (κ1) is 11.0. The molecule has 2 aromatic heterocycles. The lowest BCUT2D eigenvalue weighted by Gasteiger charge is -2.01. The third-order valence-corrected chi connectivity index (χ3v) is 3.33. The van der Waals surface area contributed by atoms with Crippen molar-refractivity contribution in [3.05, 3.63) is 39.2 Å². The fourth-order valence-electron chi connectivity index (χ4n) is 1.55. The minimum absolute atomic E-state index is 0.0962. The number of oxazole rings is 1. The first-order valence-electron chi connectivity index (χ1n) is 5.17. The van der Waals surface area contributed by atoms with E-state index in [4.69, 9.17) is 0 Å². The van der Waals surface area contributed by atoms with Crippen molar-refractivity contribution in [2.75, 3.05) is 0 Å². The van der Waals surface area contributed by atoms with Gasteiger partial charge in [0.1, 0.15) is 0 Å². The number of aromatic hydroxyl groups is 1. The summed E-state index contributed by atoms with van der Waals surface area (Å²) >= 11 is 1.74. The average molecular weight is 239 g/mol. The van der Waals surface area contributed by atoms with Crippen LogP contribution in [-0.4, -0.2) is 9.67 Å². The first-order valence-corrected chi connectivity index (χ1v) is 6.05. The molecule has 0 aromatic carbocycles. The average Bonchev–Trinajstić information content (AvgIpc) is 2.87. The number of unbranched alkanes of at least 4 members (excludes halogenated alkanes) is 1. The predicted molar refractivity (Wildman–Crippen MR) is 61.9 cm³/mol. The van der Waals surface area contributed by atoms with E-state index >= 15 is 0 Å². The van der Waals surface area contributed by atoms with Crippen LogP contribution in [0.5, 0.6) is 5.88 Å². The van der Waals surface area contributed by atoms with Crippen molar-refractivity contribution in [3.8, 4) is 5.88 Å². The van der Waals surface area contributed by atoms with Gasteiger partial charge >= 0.3 is 5.76 Å². The second-order valence-electron chi connectivity index (χ2n) is 3.55. The molecule has 0 fully saturated rings. The number of hydrogen-bond donors (Lipinski definition) is 1. The molecule has 0 radical (unpaired) electrons. The van der Waals surface area contributed by atoms with Crippen molar-refractivity contribution in [2.45, 2.75) is 25.8 Å². The van der Waals surface area contributed by atoms with Gasteiger partial charge in [0.15, 0.2) is 6.26 Å². The van der Waals surface area contributed by atoms with Crippen LogP contribution in [0.4, 0.5) is 0 Å². The van der Waals surface area contributed by atoms with E-state index in [9.17, 15) is 9.90 Å². The zero-order valence-electron chi connectivity index (χ0n) is 8.76. The molecule has 16 heavy (non-hydrogen) atoms. The van der Waals surface area contributed by atoms with Crippen LogP contribution in [-0.2, 0) is 13.0 Å². The van der Waals surface area contributed by atoms with Crippen molar-refractivity contribution in [2.24, 2.45) is 0 Å². The summed E-state index contributed by atoms with van der Waals surface area (Å²) in [6.45, 7) is 0.506. The number of nitrogens with zero attached hydrogens (tertiary/aromatic N) is 1. The van der Waals surface area contributed by atoms with Crippen LogP contribution in [0.25, 0.3) is 0 Å². The topological polar surface area (TPSA) is 55.4 Å². The molecule has 2 rings (SSSR count). The Balaban J connectivity index is 1.78. The van der Waals surface area contributed by atoms with Crippen LogP contribution in [0.3, 0.4) is 0 Å². The molecule has 0 spiro atoms. The van der Waals surface area contributed by atoms with Gasteiger partial charge in [-0.1, -0.05) is 6.07 Å². The predicted octanol–water partition coefficient (Wildman–Crippen LogP) is 2.23. The van der Waals surface area contributed by atoms with Gasteiger partial charge in [-0.05, 0) is 30.7 Å². The molecule has 1 N–H and O–H groups in total. The second-order valence-corrected chi connectivity index (χ2v) is 4.58. The van der Waals surface area contributed by atoms with E-state index in [1.807, 2.05) is 6.07 Å². The maximum atomic E-state index is 11.1. The fourth-order valence-corrected chi connectivity index (χ4v) is 2.30. The minimum atomic E-state index is -0.492. The molecule has 5 heteroatoms. The Kier molecular flexibility index (Phi) is 3.46. The van der Waals surface area contributed by atoms with Gasteiger partial charge in [0.25, 0.3) is 0 Å². The SMILES string of the molecule is O=c1occ(O)n1CCCCc1cccs1. The molecule has 0 aliphatic rings. The largest absolute Gasteiger partial charge is 0.492 e. The quantitative estimate of drug-likeness (QED) is 0.814. The van der Waals surface area contributed by atoms with Gasteiger partial charge in [-0.15, -0.1) is 11.3 Å². The van der Waals surface area contributed by atoms with Crippen LogP contribution in [0.2, 0.25) is 0 Å². The summed E-state index contributed by atoms with van der Waals surface area (Å²) in [4.78, 5) is 12.5. The Morgan fingerprint density at radius 3 is 2.94 bits per heavy atom. The Morgan fingerprint density at radius 2 is 2.31 bits per heavy atom.